The number of carbonyl (C=O) groups excluding carboxylic acids is 1. The van der Waals surface area contributed by atoms with Crippen LogP contribution in [0.3, 0.4) is 0 Å². The average molecular weight is 209 g/mol. The maximum absolute atomic E-state index is 11.5. The molecular formula is C13H23NO. The van der Waals surface area contributed by atoms with E-state index < -0.39 is 0 Å². The second-order valence-corrected chi connectivity index (χ2v) is 5.28. The topological polar surface area (TPSA) is 20.3 Å². The second-order valence-electron chi connectivity index (χ2n) is 5.28. The first-order valence-corrected chi connectivity index (χ1v) is 6.53. The van der Waals surface area contributed by atoms with Crippen molar-refractivity contribution in [2.24, 2.45) is 5.92 Å². The molecule has 0 aromatic heterocycles. The minimum atomic E-state index is 0.488. The molecule has 1 aliphatic carbocycles. The third kappa shape index (κ3) is 2.81. The highest BCUT2D eigenvalue weighted by atomic mass is 16.1. The fraction of sp³-hybridized carbons (Fsp3) is 0.923. The standard InChI is InChI=1S/C13H23NO/c1-11-6-7-12(15)10-13(11)14-8-4-2-3-5-9-14/h11,13H,2-10H2,1H3. The monoisotopic (exact) mass is 209 g/mol. The number of likely N-dealkylation sites (tertiary alicyclic amines) is 1. The molecule has 1 heterocycles. The SMILES string of the molecule is CC1CCC(=O)CC1N1CCCCCC1. The molecule has 86 valence electrons. The van der Waals surface area contributed by atoms with Crippen molar-refractivity contribution in [3.8, 4) is 0 Å². The van der Waals surface area contributed by atoms with E-state index in [1.165, 1.54) is 38.8 Å². The molecule has 2 rings (SSSR count). The van der Waals surface area contributed by atoms with Crippen LogP contribution in [0, 0.1) is 5.92 Å². The molecule has 2 fully saturated rings. The predicted octanol–water partition coefficient (Wildman–Crippen LogP) is 2.62. The highest BCUT2D eigenvalue weighted by molar-refractivity contribution is 5.79. The van der Waals surface area contributed by atoms with Crippen LogP contribution in [0.1, 0.15) is 51.9 Å². The van der Waals surface area contributed by atoms with Crippen LogP contribution in [0.4, 0.5) is 0 Å². The van der Waals surface area contributed by atoms with Crippen LogP contribution >= 0.6 is 0 Å². The Hall–Kier alpha value is -0.370. The molecule has 1 saturated heterocycles. The summed E-state index contributed by atoms with van der Waals surface area (Å²) in [5.41, 5.74) is 0. The summed E-state index contributed by atoms with van der Waals surface area (Å²) in [6.45, 7) is 4.77. The van der Waals surface area contributed by atoms with Crippen molar-refractivity contribution in [1.82, 2.24) is 4.90 Å². The smallest absolute Gasteiger partial charge is 0.134 e. The molecule has 1 saturated carbocycles. The Labute approximate surface area is 93.0 Å². The highest BCUT2D eigenvalue weighted by Crippen LogP contribution is 2.27. The summed E-state index contributed by atoms with van der Waals surface area (Å²) in [6.07, 6.45) is 8.18. The summed E-state index contributed by atoms with van der Waals surface area (Å²) in [4.78, 5) is 14.1. The molecule has 0 aromatic rings. The lowest BCUT2D eigenvalue weighted by atomic mass is 9.84. The van der Waals surface area contributed by atoms with Crippen LogP contribution in [0.5, 0.6) is 0 Å². The van der Waals surface area contributed by atoms with E-state index in [9.17, 15) is 4.79 Å². The number of ketones is 1. The Balaban J connectivity index is 1.96. The molecule has 0 N–H and O–H groups in total. The molecule has 0 radical (unpaired) electrons. The van der Waals surface area contributed by atoms with Crippen molar-refractivity contribution >= 4 is 5.78 Å². The van der Waals surface area contributed by atoms with Gasteiger partial charge < -0.3 is 0 Å². The van der Waals surface area contributed by atoms with E-state index in [0.717, 1.165) is 25.2 Å². The number of carbonyl (C=O) groups is 1. The molecule has 2 heteroatoms. The number of hydrogen-bond acceptors (Lipinski definition) is 2. The fourth-order valence-electron chi connectivity index (χ4n) is 3.03. The van der Waals surface area contributed by atoms with Gasteiger partial charge in [-0.2, -0.15) is 0 Å². The lowest BCUT2D eigenvalue weighted by Crippen LogP contribution is -2.44. The van der Waals surface area contributed by atoms with Crippen molar-refractivity contribution in [3.63, 3.8) is 0 Å². The largest absolute Gasteiger partial charge is 0.300 e. The Bertz CT molecular complexity index is 219. The first-order chi connectivity index (χ1) is 7.27. The summed E-state index contributed by atoms with van der Waals surface area (Å²) in [6, 6.07) is 0.560. The molecule has 0 bridgehead atoms. The van der Waals surface area contributed by atoms with Crippen molar-refractivity contribution in [1.29, 1.82) is 0 Å². The third-order valence-corrected chi connectivity index (χ3v) is 4.08. The molecule has 2 aliphatic rings. The number of rotatable bonds is 1. The van der Waals surface area contributed by atoms with Gasteiger partial charge >= 0.3 is 0 Å². The summed E-state index contributed by atoms with van der Waals surface area (Å²) in [5.74, 6) is 1.21. The van der Waals surface area contributed by atoms with Crippen molar-refractivity contribution in [2.75, 3.05) is 13.1 Å². The zero-order valence-electron chi connectivity index (χ0n) is 9.87. The van der Waals surface area contributed by atoms with Gasteiger partial charge in [0, 0.05) is 18.9 Å². The predicted molar refractivity (Wildman–Crippen MR) is 61.9 cm³/mol. The van der Waals surface area contributed by atoms with Gasteiger partial charge in [-0.15, -0.1) is 0 Å². The van der Waals surface area contributed by atoms with E-state index in [2.05, 4.69) is 11.8 Å². The van der Waals surface area contributed by atoms with E-state index in [-0.39, 0.29) is 0 Å². The van der Waals surface area contributed by atoms with Gasteiger partial charge in [0.05, 0.1) is 0 Å². The first kappa shape index (κ1) is 11.1. The normalized spacial score (nSPS) is 35.1. The summed E-state index contributed by atoms with van der Waals surface area (Å²) < 4.78 is 0. The van der Waals surface area contributed by atoms with Gasteiger partial charge in [0.1, 0.15) is 5.78 Å². The summed E-state index contributed by atoms with van der Waals surface area (Å²) in [5, 5.41) is 0. The Morgan fingerprint density at radius 3 is 2.47 bits per heavy atom. The minimum Gasteiger partial charge on any atom is -0.300 e. The van der Waals surface area contributed by atoms with E-state index in [0.29, 0.717) is 11.8 Å². The van der Waals surface area contributed by atoms with Crippen LogP contribution in [0.15, 0.2) is 0 Å². The average Bonchev–Trinajstić information content (AvgIpc) is 2.50. The lowest BCUT2D eigenvalue weighted by molar-refractivity contribution is -0.123. The van der Waals surface area contributed by atoms with Gasteiger partial charge in [-0.3, -0.25) is 9.69 Å². The second kappa shape index (κ2) is 5.11. The van der Waals surface area contributed by atoms with Gasteiger partial charge in [0.25, 0.3) is 0 Å². The number of hydrogen-bond donors (Lipinski definition) is 0. The van der Waals surface area contributed by atoms with E-state index >= 15 is 0 Å². The number of nitrogens with zero attached hydrogens (tertiary/aromatic N) is 1. The zero-order chi connectivity index (χ0) is 10.7. The molecule has 15 heavy (non-hydrogen) atoms. The van der Waals surface area contributed by atoms with E-state index in [1.54, 1.807) is 0 Å². The Morgan fingerprint density at radius 2 is 1.80 bits per heavy atom. The molecular weight excluding hydrogens is 186 g/mol. The maximum Gasteiger partial charge on any atom is 0.134 e. The quantitative estimate of drug-likeness (QED) is 0.661. The van der Waals surface area contributed by atoms with Gasteiger partial charge in [-0.05, 0) is 38.3 Å². The molecule has 2 atom stereocenters. The molecule has 1 aliphatic heterocycles. The van der Waals surface area contributed by atoms with Crippen LogP contribution < -0.4 is 0 Å². The first-order valence-electron chi connectivity index (χ1n) is 6.53. The molecule has 0 spiro atoms. The van der Waals surface area contributed by atoms with Gasteiger partial charge in [-0.25, -0.2) is 0 Å². The third-order valence-electron chi connectivity index (χ3n) is 4.08. The van der Waals surface area contributed by atoms with Gasteiger partial charge in [0.2, 0.25) is 0 Å². The maximum atomic E-state index is 11.5. The van der Waals surface area contributed by atoms with Crippen molar-refractivity contribution < 1.29 is 4.79 Å². The number of Topliss-reactive ketones (excluding diaryl/α,β-unsaturated/α-hetero) is 1. The van der Waals surface area contributed by atoms with Gasteiger partial charge in [-0.1, -0.05) is 19.8 Å². The van der Waals surface area contributed by atoms with Crippen molar-refractivity contribution in [3.05, 3.63) is 0 Å². The summed E-state index contributed by atoms with van der Waals surface area (Å²) in [7, 11) is 0. The van der Waals surface area contributed by atoms with Crippen LogP contribution in [-0.4, -0.2) is 29.8 Å². The van der Waals surface area contributed by atoms with Crippen LogP contribution in [0.2, 0.25) is 0 Å². The molecule has 2 nitrogen and oxygen atoms in total. The van der Waals surface area contributed by atoms with Crippen molar-refractivity contribution in [2.45, 2.75) is 57.9 Å². The highest BCUT2D eigenvalue weighted by Gasteiger charge is 2.30. The minimum absolute atomic E-state index is 0.488. The van der Waals surface area contributed by atoms with E-state index in [4.69, 9.17) is 0 Å². The van der Waals surface area contributed by atoms with E-state index in [1.807, 2.05) is 0 Å². The van der Waals surface area contributed by atoms with Crippen LogP contribution in [-0.2, 0) is 4.79 Å². The van der Waals surface area contributed by atoms with Gasteiger partial charge in [0.15, 0.2) is 0 Å². The molecule has 0 aromatic carbocycles. The Kier molecular flexibility index (Phi) is 3.79. The zero-order valence-corrected chi connectivity index (χ0v) is 9.87. The van der Waals surface area contributed by atoms with Crippen LogP contribution in [0.25, 0.3) is 0 Å². The summed E-state index contributed by atoms with van der Waals surface area (Å²) >= 11 is 0. The Morgan fingerprint density at radius 1 is 1.13 bits per heavy atom. The molecule has 0 amide bonds. The fourth-order valence-corrected chi connectivity index (χ4v) is 3.03. The lowest BCUT2D eigenvalue weighted by Gasteiger charge is -2.37. The molecule has 2 unspecified atom stereocenters.